The second-order valence-corrected chi connectivity index (χ2v) is 9.60. The summed E-state index contributed by atoms with van der Waals surface area (Å²) in [6, 6.07) is 8.97. The first-order valence-electron chi connectivity index (χ1n) is 9.80. The van der Waals surface area contributed by atoms with Crippen LogP contribution < -0.4 is 10.4 Å². The molecular formula is C26H30. The molecule has 0 saturated heterocycles. The molecule has 0 spiro atoms. The molecule has 1 aromatic rings. The maximum absolute atomic E-state index is 2.53. The topological polar surface area (TPSA) is 0 Å². The summed E-state index contributed by atoms with van der Waals surface area (Å²) >= 11 is 0. The van der Waals surface area contributed by atoms with Crippen LogP contribution in [0.3, 0.4) is 0 Å². The van der Waals surface area contributed by atoms with E-state index >= 15 is 0 Å². The summed E-state index contributed by atoms with van der Waals surface area (Å²) in [7, 11) is 0. The standard InChI is InChI=1S/C26H30/c1-17-15-18(25(2,3)4)16-23(17)26(5,6)24-21-13-9-7-11-19(21)20-12-8-10-14-22(20)24/h7-16,21,23H,1-6H3. The Morgan fingerprint density at radius 1 is 0.885 bits per heavy atom. The number of fused-ring (bicyclic) bond motifs is 2. The Morgan fingerprint density at radius 3 is 2.23 bits per heavy atom. The highest BCUT2D eigenvalue weighted by Crippen LogP contribution is 2.51. The zero-order valence-corrected chi connectivity index (χ0v) is 16.9. The van der Waals surface area contributed by atoms with Crippen molar-refractivity contribution in [2.45, 2.75) is 41.5 Å². The molecule has 2 atom stereocenters. The van der Waals surface area contributed by atoms with Crippen molar-refractivity contribution in [3.05, 3.63) is 82.3 Å². The van der Waals surface area contributed by atoms with Gasteiger partial charge in [-0.25, -0.2) is 0 Å². The lowest BCUT2D eigenvalue weighted by Gasteiger charge is -2.37. The largest absolute Gasteiger partial charge is 0.0729 e. The van der Waals surface area contributed by atoms with E-state index in [-0.39, 0.29) is 10.8 Å². The normalized spacial score (nSPS) is 24.5. The van der Waals surface area contributed by atoms with Gasteiger partial charge in [-0.05, 0) is 44.9 Å². The van der Waals surface area contributed by atoms with Crippen LogP contribution in [0.5, 0.6) is 0 Å². The molecule has 0 N–H and O–H groups in total. The van der Waals surface area contributed by atoms with Gasteiger partial charge in [0.15, 0.2) is 0 Å². The zero-order chi connectivity index (χ0) is 18.7. The third-order valence-corrected chi connectivity index (χ3v) is 6.42. The van der Waals surface area contributed by atoms with Gasteiger partial charge in [-0.15, -0.1) is 0 Å². The summed E-state index contributed by atoms with van der Waals surface area (Å²) in [5.41, 5.74) is 6.29. The maximum atomic E-state index is 2.53. The molecule has 0 amide bonds. The summed E-state index contributed by atoms with van der Waals surface area (Å²) in [5, 5.41) is 2.86. The average Bonchev–Trinajstić information content (AvgIpc) is 3.13. The van der Waals surface area contributed by atoms with E-state index in [4.69, 9.17) is 0 Å². The van der Waals surface area contributed by atoms with Gasteiger partial charge >= 0.3 is 0 Å². The highest BCUT2D eigenvalue weighted by molar-refractivity contribution is 5.82. The third-order valence-electron chi connectivity index (χ3n) is 6.42. The quantitative estimate of drug-likeness (QED) is 0.682. The first-order chi connectivity index (χ1) is 12.2. The van der Waals surface area contributed by atoms with E-state index in [1.165, 1.54) is 27.2 Å². The van der Waals surface area contributed by atoms with Crippen LogP contribution in [0.1, 0.15) is 41.5 Å². The van der Waals surface area contributed by atoms with E-state index in [1.807, 2.05) is 0 Å². The molecule has 3 aliphatic carbocycles. The van der Waals surface area contributed by atoms with E-state index in [9.17, 15) is 0 Å². The molecule has 0 fully saturated rings. The molecule has 0 heterocycles. The smallest absolute Gasteiger partial charge is 0.0252 e. The Labute approximate surface area is 158 Å². The van der Waals surface area contributed by atoms with Crippen molar-refractivity contribution < 1.29 is 0 Å². The SMILES string of the molecule is CC1=CC(C(C)(C)C)=CC1C(C)(C)C1=c2ccccc2=C2C=CC=CC21. The Balaban J connectivity index is 1.91. The molecule has 4 rings (SSSR count). The van der Waals surface area contributed by atoms with E-state index in [1.54, 1.807) is 5.57 Å². The van der Waals surface area contributed by atoms with Crippen LogP contribution in [0.25, 0.3) is 11.1 Å². The van der Waals surface area contributed by atoms with E-state index in [0.29, 0.717) is 11.8 Å². The van der Waals surface area contributed by atoms with Gasteiger partial charge in [-0.1, -0.05) is 101 Å². The van der Waals surface area contributed by atoms with Crippen LogP contribution >= 0.6 is 0 Å². The molecule has 0 bridgehead atoms. The maximum Gasteiger partial charge on any atom is 0.0252 e. The minimum atomic E-state index is 0.0750. The molecule has 134 valence electrons. The van der Waals surface area contributed by atoms with Crippen LogP contribution in [0, 0.1) is 22.7 Å². The molecule has 0 heteroatoms. The summed E-state index contributed by atoms with van der Waals surface area (Å²) in [4.78, 5) is 0. The van der Waals surface area contributed by atoms with Crippen molar-refractivity contribution >= 4 is 11.1 Å². The molecule has 3 aliphatic rings. The first kappa shape index (κ1) is 17.3. The average molecular weight is 343 g/mol. The van der Waals surface area contributed by atoms with Gasteiger partial charge in [0.2, 0.25) is 0 Å². The van der Waals surface area contributed by atoms with E-state index in [0.717, 1.165) is 0 Å². The number of hydrogen-bond acceptors (Lipinski definition) is 0. The number of hydrogen-bond donors (Lipinski definition) is 0. The predicted molar refractivity (Wildman–Crippen MR) is 113 cm³/mol. The second-order valence-electron chi connectivity index (χ2n) is 9.60. The molecule has 0 saturated carbocycles. The second kappa shape index (κ2) is 5.71. The van der Waals surface area contributed by atoms with Crippen LogP contribution in [-0.2, 0) is 0 Å². The third kappa shape index (κ3) is 2.50. The molecule has 0 aromatic heterocycles. The number of rotatable bonds is 2. The molecular weight excluding hydrogens is 312 g/mol. The number of allylic oxidation sites excluding steroid dienone is 8. The summed E-state index contributed by atoms with van der Waals surface area (Å²) < 4.78 is 0. The Kier molecular flexibility index (Phi) is 3.81. The lowest BCUT2D eigenvalue weighted by molar-refractivity contribution is 0.390. The number of benzene rings is 1. The fourth-order valence-corrected chi connectivity index (χ4v) is 5.04. The monoisotopic (exact) mass is 342 g/mol. The molecule has 26 heavy (non-hydrogen) atoms. The van der Waals surface area contributed by atoms with Crippen LogP contribution in [-0.4, -0.2) is 0 Å². The van der Waals surface area contributed by atoms with Gasteiger partial charge < -0.3 is 0 Å². The van der Waals surface area contributed by atoms with Crippen molar-refractivity contribution in [3.63, 3.8) is 0 Å². The lowest BCUT2D eigenvalue weighted by Crippen LogP contribution is -2.33. The Hall–Kier alpha value is -2.08. The summed E-state index contributed by atoms with van der Waals surface area (Å²) in [6.45, 7) is 14.1. The molecule has 0 aliphatic heterocycles. The van der Waals surface area contributed by atoms with E-state index < -0.39 is 0 Å². The zero-order valence-electron chi connectivity index (χ0n) is 16.9. The van der Waals surface area contributed by atoms with Crippen LogP contribution in [0.2, 0.25) is 0 Å². The predicted octanol–water partition coefficient (Wildman–Crippen LogP) is 5.32. The van der Waals surface area contributed by atoms with Gasteiger partial charge in [-0.2, -0.15) is 0 Å². The van der Waals surface area contributed by atoms with Crippen LogP contribution in [0.4, 0.5) is 0 Å². The Bertz CT molecular complexity index is 997. The fourth-order valence-electron chi connectivity index (χ4n) is 5.04. The van der Waals surface area contributed by atoms with Crippen molar-refractivity contribution in [3.8, 4) is 0 Å². The summed E-state index contributed by atoms with van der Waals surface area (Å²) in [5.74, 6) is 0.866. The minimum Gasteiger partial charge on any atom is -0.0729 e. The molecule has 2 unspecified atom stereocenters. The fraction of sp³-hybridized carbons (Fsp3) is 0.385. The van der Waals surface area contributed by atoms with Crippen molar-refractivity contribution in [1.82, 2.24) is 0 Å². The van der Waals surface area contributed by atoms with Crippen molar-refractivity contribution in [1.29, 1.82) is 0 Å². The Morgan fingerprint density at radius 2 is 1.58 bits per heavy atom. The van der Waals surface area contributed by atoms with E-state index in [2.05, 4.69) is 102 Å². The molecule has 0 nitrogen and oxygen atoms in total. The molecule has 0 radical (unpaired) electrons. The van der Waals surface area contributed by atoms with Gasteiger partial charge in [0.25, 0.3) is 0 Å². The highest BCUT2D eigenvalue weighted by Gasteiger charge is 2.41. The highest BCUT2D eigenvalue weighted by atomic mass is 14.4. The molecule has 1 aromatic carbocycles. The van der Waals surface area contributed by atoms with Gasteiger partial charge in [0, 0.05) is 11.8 Å². The lowest BCUT2D eigenvalue weighted by atomic mass is 9.66. The van der Waals surface area contributed by atoms with Gasteiger partial charge in [-0.3, -0.25) is 0 Å². The minimum absolute atomic E-state index is 0.0750. The first-order valence-corrected chi connectivity index (χ1v) is 9.80. The summed E-state index contributed by atoms with van der Waals surface area (Å²) in [6.07, 6.45) is 14.0. The van der Waals surface area contributed by atoms with Gasteiger partial charge in [0.1, 0.15) is 0 Å². The van der Waals surface area contributed by atoms with Gasteiger partial charge in [0.05, 0.1) is 0 Å². The van der Waals surface area contributed by atoms with Crippen LogP contribution in [0.15, 0.2) is 71.9 Å². The van der Waals surface area contributed by atoms with Crippen molar-refractivity contribution in [2.24, 2.45) is 22.7 Å². The van der Waals surface area contributed by atoms with Crippen molar-refractivity contribution in [2.75, 3.05) is 0 Å².